The van der Waals surface area contributed by atoms with Crippen molar-refractivity contribution in [2.45, 2.75) is 51.4 Å². The molecule has 0 aromatic heterocycles. The van der Waals surface area contributed by atoms with E-state index in [4.69, 9.17) is 4.74 Å². The highest BCUT2D eigenvalue weighted by atomic mass is 19.4. The fraction of sp³-hybridized carbons (Fsp3) is 1.00. The number of rotatable bonds is 4. The zero-order chi connectivity index (χ0) is 13.1. The van der Waals surface area contributed by atoms with Gasteiger partial charge in [0.05, 0.1) is 19.1 Å². The first-order chi connectivity index (χ1) is 7.83. The first kappa shape index (κ1) is 14.8. The molecule has 0 saturated heterocycles. The Morgan fingerprint density at radius 2 is 1.88 bits per heavy atom. The molecule has 4 unspecified atom stereocenters. The zero-order valence-electron chi connectivity index (χ0n) is 10.7. The van der Waals surface area contributed by atoms with Gasteiger partial charge in [0.1, 0.15) is 0 Å². The average Bonchev–Trinajstić information content (AvgIpc) is 2.18. The van der Waals surface area contributed by atoms with Crippen LogP contribution in [0.25, 0.3) is 0 Å². The van der Waals surface area contributed by atoms with Crippen molar-refractivity contribution in [1.29, 1.82) is 0 Å². The maximum Gasteiger partial charge on any atom is 0.391 e. The molecule has 0 heterocycles. The number of ether oxygens (including phenoxy) is 1. The van der Waals surface area contributed by atoms with Gasteiger partial charge in [0.2, 0.25) is 0 Å². The predicted molar refractivity (Wildman–Crippen MR) is 60.8 cm³/mol. The lowest BCUT2D eigenvalue weighted by molar-refractivity contribution is -0.154. The first-order valence-electron chi connectivity index (χ1n) is 6.19. The minimum atomic E-state index is -4.12. The second kappa shape index (κ2) is 6.05. The third kappa shape index (κ3) is 4.84. The molecule has 1 aliphatic rings. The summed E-state index contributed by atoms with van der Waals surface area (Å²) in [7, 11) is 1.84. The summed E-state index contributed by atoms with van der Waals surface area (Å²) < 4.78 is 41.6. The Morgan fingerprint density at radius 1 is 1.24 bits per heavy atom. The molecular formula is C12H22F3NO. The van der Waals surface area contributed by atoms with E-state index in [2.05, 4.69) is 19.2 Å². The second-order valence-electron chi connectivity index (χ2n) is 5.15. The van der Waals surface area contributed by atoms with E-state index in [-0.39, 0.29) is 18.8 Å². The molecule has 102 valence electrons. The SMILES string of the molecule is CNC1CC(C)CC(C)C1OCCC(F)(F)F. The van der Waals surface area contributed by atoms with Crippen LogP contribution < -0.4 is 5.32 Å². The highest BCUT2D eigenvalue weighted by Gasteiger charge is 2.35. The van der Waals surface area contributed by atoms with Gasteiger partial charge in [0.25, 0.3) is 0 Å². The Bertz CT molecular complexity index is 232. The van der Waals surface area contributed by atoms with Crippen LogP contribution in [0, 0.1) is 11.8 Å². The Labute approximate surface area is 101 Å². The van der Waals surface area contributed by atoms with Gasteiger partial charge >= 0.3 is 6.18 Å². The summed E-state index contributed by atoms with van der Waals surface area (Å²) in [6, 6.07) is 0.169. The molecule has 0 aromatic carbocycles. The summed E-state index contributed by atoms with van der Waals surface area (Å²) in [5.74, 6) is 0.911. The van der Waals surface area contributed by atoms with Gasteiger partial charge in [-0.1, -0.05) is 13.8 Å². The van der Waals surface area contributed by atoms with Crippen LogP contribution in [0.4, 0.5) is 13.2 Å². The molecule has 0 radical (unpaired) electrons. The third-order valence-corrected chi connectivity index (χ3v) is 3.45. The van der Waals surface area contributed by atoms with Crippen LogP contribution in [-0.2, 0) is 4.74 Å². The monoisotopic (exact) mass is 253 g/mol. The predicted octanol–water partition coefficient (Wildman–Crippen LogP) is 2.98. The number of likely N-dealkylation sites (N-methyl/N-ethyl adjacent to an activating group) is 1. The van der Waals surface area contributed by atoms with Crippen LogP contribution in [0.3, 0.4) is 0 Å². The number of hydrogen-bond acceptors (Lipinski definition) is 2. The average molecular weight is 253 g/mol. The lowest BCUT2D eigenvalue weighted by Crippen LogP contribution is -2.48. The van der Waals surface area contributed by atoms with Crippen molar-refractivity contribution in [2.24, 2.45) is 11.8 Å². The number of alkyl halides is 3. The molecule has 17 heavy (non-hydrogen) atoms. The van der Waals surface area contributed by atoms with Gasteiger partial charge < -0.3 is 10.1 Å². The van der Waals surface area contributed by atoms with Crippen molar-refractivity contribution >= 4 is 0 Å². The summed E-state index contributed by atoms with van der Waals surface area (Å²) in [5.41, 5.74) is 0. The van der Waals surface area contributed by atoms with E-state index in [1.54, 1.807) is 0 Å². The first-order valence-corrected chi connectivity index (χ1v) is 6.19. The van der Waals surface area contributed by atoms with Gasteiger partial charge in [0.15, 0.2) is 0 Å². The normalized spacial score (nSPS) is 34.9. The Morgan fingerprint density at radius 3 is 2.41 bits per heavy atom. The summed E-state index contributed by atoms with van der Waals surface area (Å²) in [6.45, 7) is 4.00. The maximum atomic E-state index is 12.1. The molecule has 2 nitrogen and oxygen atoms in total. The van der Waals surface area contributed by atoms with E-state index >= 15 is 0 Å². The van der Waals surface area contributed by atoms with E-state index in [0.29, 0.717) is 11.8 Å². The summed E-state index contributed by atoms with van der Waals surface area (Å²) in [5, 5.41) is 3.16. The van der Waals surface area contributed by atoms with Crippen molar-refractivity contribution in [3.63, 3.8) is 0 Å². The largest absolute Gasteiger partial charge is 0.391 e. The van der Waals surface area contributed by atoms with Gasteiger partial charge in [0, 0.05) is 6.04 Å². The van der Waals surface area contributed by atoms with Crippen molar-refractivity contribution in [2.75, 3.05) is 13.7 Å². The van der Waals surface area contributed by atoms with E-state index in [0.717, 1.165) is 12.8 Å². The van der Waals surface area contributed by atoms with Crippen LogP contribution in [-0.4, -0.2) is 32.0 Å². The van der Waals surface area contributed by atoms with Gasteiger partial charge in [-0.05, 0) is 31.7 Å². The van der Waals surface area contributed by atoms with Gasteiger partial charge in [-0.2, -0.15) is 13.2 Å². The molecule has 0 amide bonds. The van der Waals surface area contributed by atoms with E-state index in [1.807, 2.05) is 7.05 Å². The Kier molecular flexibility index (Phi) is 5.25. The van der Waals surface area contributed by atoms with Gasteiger partial charge in [-0.25, -0.2) is 0 Å². The number of nitrogens with one attached hydrogen (secondary N) is 1. The molecular weight excluding hydrogens is 231 g/mol. The van der Waals surface area contributed by atoms with Gasteiger partial charge in [-0.15, -0.1) is 0 Å². The van der Waals surface area contributed by atoms with Crippen molar-refractivity contribution in [3.8, 4) is 0 Å². The molecule has 1 N–H and O–H groups in total. The van der Waals surface area contributed by atoms with Crippen LogP contribution in [0.1, 0.15) is 33.1 Å². The minimum absolute atomic E-state index is 0.0986. The van der Waals surface area contributed by atoms with Gasteiger partial charge in [-0.3, -0.25) is 0 Å². The Hall–Kier alpha value is -0.290. The van der Waals surface area contributed by atoms with Crippen LogP contribution in [0.15, 0.2) is 0 Å². The quantitative estimate of drug-likeness (QED) is 0.831. The van der Waals surface area contributed by atoms with E-state index in [1.165, 1.54) is 0 Å². The molecule has 1 saturated carbocycles. The summed E-state index contributed by atoms with van der Waals surface area (Å²) in [6.07, 6.45) is -3.09. The fourth-order valence-electron chi connectivity index (χ4n) is 2.70. The molecule has 1 fully saturated rings. The lowest BCUT2D eigenvalue weighted by atomic mass is 9.78. The standard InChI is InChI=1S/C12H22F3NO/c1-8-6-9(2)11(10(7-8)16-3)17-5-4-12(13,14)15/h8-11,16H,4-7H2,1-3H3. The molecule has 0 aliphatic heterocycles. The van der Waals surface area contributed by atoms with E-state index in [9.17, 15) is 13.2 Å². The van der Waals surface area contributed by atoms with E-state index < -0.39 is 12.6 Å². The smallest absolute Gasteiger partial charge is 0.376 e. The lowest BCUT2D eigenvalue weighted by Gasteiger charge is -2.39. The molecule has 4 atom stereocenters. The highest BCUT2D eigenvalue weighted by molar-refractivity contribution is 4.88. The van der Waals surface area contributed by atoms with Crippen LogP contribution >= 0.6 is 0 Å². The molecule has 0 aromatic rings. The Balaban J connectivity index is 2.43. The van der Waals surface area contributed by atoms with Crippen molar-refractivity contribution in [3.05, 3.63) is 0 Å². The molecule has 5 heteroatoms. The minimum Gasteiger partial charge on any atom is -0.376 e. The van der Waals surface area contributed by atoms with Crippen molar-refractivity contribution < 1.29 is 17.9 Å². The number of halogens is 3. The zero-order valence-corrected chi connectivity index (χ0v) is 10.7. The molecule has 0 spiro atoms. The molecule has 0 bridgehead atoms. The summed E-state index contributed by atoms with van der Waals surface area (Å²) >= 11 is 0. The topological polar surface area (TPSA) is 21.3 Å². The maximum absolute atomic E-state index is 12.1. The molecule has 1 rings (SSSR count). The van der Waals surface area contributed by atoms with Crippen LogP contribution in [0.2, 0.25) is 0 Å². The molecule has 1 aliphatic carbocycles. The number of hydrogen-bond donors (Lipinski definition) is 1. The fourth-order valence-corrected chi connectivity index (χ4v) is 2.70. The van der Waals surface area contributed by atoms with Crippen molar-refractivity contribution in [1.82, 2.24) is 5.32 Å². The highest BCUT2D eigenvalue weighted by Crippen LogP contribution is 2.31. The van der Waals surface area contributed by atoms with Crippen LogP contribution in [0.5, 0.6) is 0 Å². The summed E-state index contributed by atoms with van der Waals surface area (Å²) in [4.78, 5) is 0. The second-order valence-corrected chi connectivity index (χ2v) is 5.15. The third-order valence-electron chi connectivity index (χ3n) is 3.45.